The van der Waals surface area contributed by atoms with Crippen LogP contribution >= 0.6 is 23.2 Å². The van der Waals surface area contributed by atoms with E-state index in [-0.39, 0.29) is 29.0 Å². The maximum atomic E-state index is 14.1. The number of esters is 1. The highest BCUT2D eigenvalue weighted by Crippen LogP contribution is 2.39. The van der Waals surface area contributed by atoms with Gasteiger partial charge in [-0.1, -0.05) is 23.2 Å². The Morgan fingerprint density at radius 2 is 1.79 bits per heavy atom. The number of carbonyl (C=O) groups is 2. The van der Waals surface area contributed by atoms with Gasteiger partial charge in [-0.25, -0.2) is 4.39 Å². The number of carbonyl (C=O) groups excluding carboxylic acids is 2. The van der Waals surface area contributed by atoms with E-state index in [0.717, 1.165) is 6.07 Å². The number of amides is 1. The molecule has 2 aromatic rings. The Balaban J connectivity index is 2.24. The van der Waals surface area contributed by atoms with Crippen LogP contribution in [0, 0.1) is 5.82 Å². The minimum absolute atomic E-state index is 0.00213. The van der Waals surface area contributed by atoms with Crippen LogP contribution in [0.5, 0.6) is 11.5 Å². The second kappa shape index (κ2) is 9.32. The third kappa shape index (κ3) is 5.98. The Labute approximate surface area is 172 Å². The lowest BCUT2D eigenvalue weighted by atomic mass is 10.2. The molecular weight excluding hydrogens is 441 g/mol. The molecule has 0 radical (unpaired) electrons. The van der Waals surface area contributed by atoms with Gasteiger partial charge in [-0.3, -0.25) is 9.59 Å². The zero-order valence-electron chi connectivity index (χ0n) is 14.7. The molecule has 0 spiro atoms. The zero-order chi connectivity index (χ0) is 21.8. The Kier molecular flexibility index (Phi) is 7.32. The van der Waals surface area contributed by atoms with Crippen LogP contribution in [-0.4, -0.2) is 25.0 Å². The molecular formula is C18H13Cl2F4NO4. The van der Waals surface area contributed by atoms with Crippen molar-refractivity contribution in [3.05, 3.63) is 57.3 Å². The van der Waals surface area contributed by atoms with Crippen molar-refractivity contribution in [2.45, 2.75) is 13.1 Å². The zero-order valence-corrected chi connectivity index (χ0v) is 16.2. The topological polar surface area (TPSA) is 64.6 Å². The summed E-state index contributed by atoms with van der Waals surface area (Å²) in [7, 11) is 0. The molecule has 0 heterocycles. The minimum Gasteiger partial charge on any atom is -0.465 e. The normalized spacial score (nSPS) is 11.1. The van der Waals surface area contributed by atoms with Gasteiger partial charge in [0.05, 0.1) is 27.8 Å². The van der Waals surface area contributed by atoms with Crippen molar-refractivity contribution < 1.29 is 36.6 Å². The van der Waals surface area contributed by atoms with E-state index in [9.17, 15) is 27.2 Å². The molecule has 0 unspecified atom stereocenters. The summed E-state index contributed by atoms with van der Waals surface area (Å²) in [6, 6.07) is 4.40. The number of rotatable bonds is 6. The Hall–Kier alpha value is -2.52. The van der Waals surface area contributed by atoms with Crippen molar-refractivity contribution in [2.24, 2.45) is 0 Å². The molecule has 5 nitrogen and oxygen atoms in total. The molecule has 0 saturated carbocycles. The first kappa shape index (κ1) is 22.8. The SMILES string of the molecule is CCOC(=O)CNC(=O)c1cc(Oc2c(F)cc(C(F)(F)F)cc2Cl)ccc1Cl. The molecule has 1 N–H and O–H groups in total. The Morgan fingerprint density at radius 3 is 2.38 bits per heavy atom. The molecule has 0 atom stereocenters. The smallest absolute Gasteiger partial charge is 0.416 e. The van der Waals surface area contributed by atoms with Gasteiger partial charge >= 0.3 is 12.1 Å². The van der Waals surface area contributed by atoms with Crippen molar-refractivity contribution in [1.29, 1.82) is 0 Å². The fourth-order valence-corrected chi connectivity index (χ4v) is 2.59. The summed E-state index contributed by atoms with van der Waals surface area (Å²) in [6.45, 7) is 1.33. The monoisotopic (exact) mass is 453 g/mol. The predicted molar refractivity (Wildman–Crippen MR) is 96.9 cm³/mol. The molecule has 0 aliphatic carbocycles. The molecule has 2 rings (SSSR count). The van der Waals surface area contributed by atoms with E-state index in [1.807, 2.05) is 0 Å². The Morgan fingerprint density at radius 1 is 1.10 bits per heavy atom. The summed E-state index contributed by atoms with van der Waals surface area (Å²) in [5, 5.41) is 1.67. The second-order valence-electron chi connectivity index (χ2n) is 5.50. The predicted octanol–water partition coefficient (Wildman–Crippen LogP) is 5.24. The van der Waals surface area contributed by atoms with E-state index in [0.29, 0.717) is 6.07 Å². The largest absolute Gasteiger partial charge is 0.465 e. The lowest BCUT2D eigenvalue weighted by Crippen LogP contribution is -2.30. The molecule has 156 valence electrons. The van der Waals surface area contributed by atoms with Gasteiger partial charge in [0, 0.05) is 0 Å². The molecule has 11 heteroatoms. The molecule has 0 saturated heterocycles. The van der Waals surface area contributed by atoms with Gasteiger partial charge in [0.15, 0.2) is 11.6 Å². The van der Waals surface area contributed by atoms with Crippen LogP contribution < -0.4 is 10.1 Å². The number of ether oxygens (including phenoxy) is 2. The number of halogens is 6. The number of hydrogen-bond acceptors (Lipinski definition) is 4. The van der Waals surface area contributed by atoms with Gasteiger partial charge in [0.1, 0.15) is 12.3 Å². The molecule has 0 bridgehead atoms. The van der Waals surface area contributed by atoms with Crippen molar-refractivity contribution in [3.63, 3.8) is 0 Å². The third-order valence-electron chi connectivity index (χ3n) is 3.43. The van der Waals surface area contributed by atoms with Gasteiger partial charge in [0.2, 0.25) is 0 Å². The van der Waals surface area contributed by atoms with E-state index < -0.39 is 46.8 Å². The summed E-state index contributed by atoms with van der Waals surface area (Å²) >= 11 is 11.7. The molecule has 29 heavy (non-hydrogen) atoms. The van der Waals surface area contributed by atoms with Gasteiger partial charge in [0.25, 0.3) is 5.91 Å². The average molecular weight is 454 g/mol. The lowest BCUT2D eigenvalue weighted by molar-refractivity contribution is -0.142. The number of nitrogens with one attached hydrogen (secondary N) is 1. The minimum atomic E-state index is -4.78. The van der Waals surface area contributed by atoms with E-state index in [4.69, 9.17) is 27.9 Å². The molecule has 2 aromatic carbocycles. The van der Waals surface area contributed by atoms with Crippen LogP contribution in [0.3, 0.4) is 0 Å². The van der Waals surface area contributed by atoms with Crippen molar-refractivity contribution in [3.8, 4) is 11.5 Å². The summed E-state index contributed by atoms with van der Waals surface area (Å²) in [6.07, 6.45) is -4.78. The number of benzene rings is 2. The van der Waals surface area contributed by atoms with Crippen LogP contribution in [-0.2, 0) is 15.7 Å². The standard InChI is InChI=1S/C18H13Cl2F4NO4/c1-2-28-15(26)8-25-17(27)11-7-10(3-4-12(11)19)29-16-13(20)5-9(6-14(16)21)18(22,23)24/h3-7H,2,8H2,1H3,(H,25,27). The summed E-state index contributed by atoms with van der Waals surface area (Å²) in [5.41, 5.74) is -1.39. The first-order chi connectivity index (χ1) is 13.5. The van der Waals surface area contributed by atoms with E-state index in [2.05, 4.69) is 10.1 Å². The molecule has 0 aliphatic rings. The Bertz CT molecular complexity index is 912. The summed E-state index contributed by atoms with van der Waals surface area (Å²) < 4.78 is 62.1. The maximum absolute atomic E-state index is 14.1. The van der Waals surface area contributed by atoms with E-state index in [1.165, 1.54) is 12.1 Å². The second-order valence-corrected chi connectivity index (χ2v) is 6.31. The highest BCUT2D eigenvalue weighted by atomic mass is 35.5. The molecule has 1 amide bonds. The van der Waals surface area contributed by atoms with Crippen LogP contribution in [0.25, 0.3) is 0 Å². The van der Waals surface area contributed by atoms with Crippen LogP contribution in [0.2, 0.25) is 10.0 Å². The average Bonchev–Trinajstić information content (AvgIpc) is 2.63. The summed E-state index contributed by atoms with van der Waals surface area (Å²) in [5.74, 6) is -3.51. The van der Waals surface area contributed by atoms with Crippen molar-refractivity contribution >= 4 is 35.1 Å². The van der Waals surface area contributed by atoms with Crippen LogP contribution in [0.1, 0.15) is 22.8 Å². The quantitative estimate of drug-likeness (QED) is 0.479. The number of alkyl halides is 3. The molecule has 0 aliphatic heterocycles. The molecule has 0 aromatic heterocycles. The van der Waals surface area contributed by atoms with E-state index in [1.54, 1.807) is 6.92 Å². The van der Waals surface area contributed by atoms with E-state index >= 15 is 0 Å². The fraction of sp³-hybridized carbons (Fsp3) is 0.222. The molecule has 0 fully saturated rings. The van der Waals surface area contributed by atoms with Gasteiger partial charge in [-0.15, -0.1) is 0 Å². The maximum Gasteiger partial charge on any atom is 0.416 e. The first-order valence-corrected chi connectivity index (χ1v) is 8.76. The van der Waals surface area contributed by atoms with Crippen molar-refractivity contribution in [2.75, 3.05) is 13.2 Å². The highest BCUT2D eigenvalue weighted by Gasteiger charge is 2.32. The van der Waals surface area contributed by atoms with Crippen LogP contribution in [0.15, 0.2) is 30.3 Å². The summed E-state index contributed by atoms with van der Waals surface area (Å²) in [4.78, 5) is 23.5. The van der Waals surface area contributed by atoms with Gasteiger partial charge in [-0.05, 0) is 37.3 Å². The number of hydrogen-bond donors (Lipinski definition) is 1. The fourth-order valence-electron chi connectivity index (χ4n) is 2.14. The third-order valence-corrected chi connectivity index (χ3v) is 4.04. The first-order valence-electron chi connectivity index (χ1n) is 8.00. The van der Waals surface area contributed by atoms with Crippen LogP contribution in [0.4, 0.5) is 17.6 Å². The van der Waals surface area contributed by atoms with Gasteiger partial charge in [-0.2, -0.15) is 13.2 Å². The van der Waals surface area contributed by atoms with Gasteiger partial charge < -0.3 is 14.8 Å². The van der Waals surface area contributed by atoms with Crippen molar-refractivity contribution in [1.82, 2.24) is 5.32 Å². The lowest BCUT2D eigenvalue weighted by Gasteiger charge is -2.13. The highest BCUT2D eigenvalue weighted by molar-refractivity contribution is 6.34.